The van der Waals surface area contributed by atoms with Gasteiger partial charge in [0.1, 0.15) is 0 Å². The minimum Gasteiger partial charge on any atom is -0.361 e. The fourth-order valence-electron chi connectivity index (χ4n) is 2.29. The summed E-state index contributed by atoms with van der Waals surface area (Å²) in [6.07, 6.45) is 1.85. The Morgan fingerprint density at radius 3 is 2.94 bits per heavy atom. The largest absolute Gasteiger partial charge is 0.361 e. The van der Waals surface area contributed by atoms with Gasteiger partial charge in [-0.2, -0.15) is 0 Å². The average molecular weight is 245 g/mol. The van der Waals surface area contributed by atoms with E-state index in [1.165, 1.54) is 22.5 Å². The van der Waals surface area contributed by atoms with Gasteiger partial charge in [-0.25, -0.2) is 0 Å². The molecule has 0 saturated carbocycles. The molecule has 0 unspecified atom stereocenters. The summed E-state index contributed by atoms with van der Waals surface area (Å²) in [5.41, 5.74) is 4.94. The monoisotopic (exact) mass is 244 g/mol. The number of rotatable bonds is 1. The van der Waals surface area contributed by atoms with E-state index in [9.17, 15) is 0 Å². The number of aromatic nitrogens is 1. The first-order valence-electron chi connectivity index (χ1n) is 5.68. The van der Waals surface area contributed by atoms with Gasteiger partial charge in [0.25, 0.3) is 0 Å². The van der Waals surface area contributed by atoms with Crippen molar-refractivity contribution < 1.29 is 0 Å². The summed E-state index contributed by atoms with van der Waals surface area (Å²) in [7, 11) is 0. The summed E-state index contributed by atoms with van der Waals surface area (Å²) in [4.78, 5) is 6.73. The molecule has 0 N–H and O–H groups in total. The lowest BCUT2D eigenvalue weighted by Gasteiger charge is -2.20. The number of pyridine rings is 1. The molecule has 1 aromatic heterocycles. The van der Waals surface area contributed by atoms with Crippen molar-refractivity contribution in [1.82, 2.24) is 4.98 Å². The van der Waals surface area contributed by atoms with E-state index in [0.29, 0.717) is 0 Å². The number of halogens is 1. The standard InChI is InChI=1S/C14H13ClN2/c1-10-4-5-12(15)7-14(10)17-8-11-3-2-6-16-13(11)9-17/h2-7H,8-9H2,1H3. The van der Waals surface area contributed by atoms with Crippen LogP contribution in [0.1, 0.15) is 16.8 Å². The van der Waals surface area contributed by atoms with Crippen LogP contribution in [0.3, 0.4) is 0 Å². The molecule has 0 bridgehead atoms. The minimum absolute atomic E-state index is 0.787. The Morgan fingerprint density at radius 1 is 1.24 bits per heavy atom. The van der Waals surface area contributed by atoms with Gasteiger partial charge in [-0.05, 0) is 36.2 Å². The maximum atomic E-state index is 6.06. The highest BCUT2D eigenvalue weighted by Crippen LogP contribution is 2.31. The molecule has 1 aromatic carbocycles. The average Bonchev–Trinajstić information content (AvgIpc) is 2.75. The highest BCUT2D eigenvalue weighted by molar-refractivity contribution is 6.30. The summed E-state index contributed by atoms with van der Waals surface area (Å²) >= 11 is 6.06. The Hall–Kier alpha value is -1.54. The molecular weight excluding hydrogens is 232 g/mol. The normalized spacial score (nSPS) is 13.9. The van der Waals surface area contributed by atoms with Gasteiger partial charge in [-0.1, -0.05) is 23.7 Å². The summed E-state index contributed by atoms with van der Waals surface area (Å²) in [6, 6.07) is 10.2. The molecule has 2 nitrogen and oxygen atoms in total. The smallest absolute Gasteiger partial charge is 0.0646 e. The molecule has 1 aliphatic heterocycles. The van der Waals surface area contributed by atoms with Crippen molar-refractivity contribution in [1.29, 1.82) is 0 Å². The maximum absolute atomic E-state index is 6.06. The van der Waals surface area contributed by atoms with Gasteiger partial charge >= 0.3 is 0 Å². The van der Waals surface area contributed by atoms with Gasteiger partial charge in [0.05, 0.1) is 12.2 Å². The van der Waals surface area contributed by atoms with E-state index >= 15 is 0 Å². The number of anilines is 1. The number of benzene rings is 1. The SMILES string of the molecule is Cc1ccc(Cl)cc1N1Cc2cccnc2C1. The molecule has 17 heavy (non-hydrogen) atoms. The van der Waals surface area contributed by atoms with Gasteiger partial charge in [0.2, 0.25) is 0 Å². The molecule has 0 aliphatic carbocycles. The lowest BCUT2D eigenvalue weighted by atomic mass is 10.2. The highest BCUT2D eigenvalue weighted by Gasteiger charge is 2.20. The summed E-state index contributed by atoms with van der Waals surface area (Å²) in [5.74, 6) is 0. The van der Waals surface area contributed by atoms with Crippen LogP contribution in [0, 0.1) is 6.92 Å². The lowest BCUT2D eigenvalue weighted by Crippen LogP contribution is -2.15. The zero-order chi connectivity index (χ0) is 11.8. The first-order valence-corrected chi connectivity index (χ1v) is 6.06. The van der Waals surface area contributed by atoms with Crippen molar-refractivity contribution >= 4 is 17.3 Å². The predicted molar refractivity (Wildman–Crippen MR) is 70.3 cm³/mol. The third kappa shape index (κ3) is 1.89. The van der Waals surface area contributed by atoms with Crippen LogP contribution >= 0.6 is 11.6 Å². The Bertz CT molecular complexity index is 541. The first-order chi connectivity index (χ1) is 8.24. The van der Waals surface area contributed by atoms with Gasteiger partial charge < -0.3 is 4.90 Å². The molecule has 3 heteroatoms. The number of nitrogens with zero attached hydrogens (tertiary/aromatic N) is 2. The molecule has 0 spiro atoms. The third-order valence-corrected chi connectivity index (χ3v) is 3.43. The molecule has 3 rings (SSSR count). The van der Waals surface area contributed by atoms with E-state index in [1.807, 2.05) is 24.4 Å². The van der Waals surface area contributed by atoms with Crippen molar-refractivity contribution in [3.63, 3.8) is 0 Å². The van der Waals surface area contributed by atoms with Crippen LogP contribution in [0.25, 0.3) is 0 Å². The van der Waals surface area contributed by atoms with Crippen LogP contribution in [-0.4, -0.2) is 4.98 Å². The van der Waals surface area contributed by atoms with Crippen molar-refractivity contribution in [2.75, 3.05) is 4.90 Å². The quantitative estimate of drug-likeness (QED) is 0.763. The van der Waals surface area contributed by atoms with E-state index in [-0.39, 0.29) is 0 Å². The predicted octanol–water partition coefficient (Wildman–Crippen LogP) is 3.56. The molecule has 0 radical (unpaired) electrons. The molecule has 0 amide bonds. The molecule has 2 aromatic rings. The van der Waals surface area contributed by atoms with Gasteiger partial charge in [0, 0.05) is 23.5 Å². The zero-order valence-corrected chi connectivity index (χ0v) is 10.4. The van der Waals surface area contributed by atoms with Crippen molar-refractivity contribution in [3.05, 3.63) is 58.4 Å². The van der Waals surface area contributed by atoms with Crippen molar-refractivity contribution in [2.24, 2.45) is 0 Å². The van der Waals surface area contributed by atoms with Gasteiger partial charge in [-0.15, -0.1) is 0 Å². The zero-order valence-electron chi connectivity index (χ0n) is 9.65. The van der Waals surface area contributed by atoms with Crippen LogP contribution in [0.5, 0.6) is 0 Å². The topological polar surface area (TPSA) is 16.1 Å². The number of fused-ring (bicyclic) bond motifs is 1. The van der Waals surface area contributed by atoms with E-state index < -0.39 is 0 Å². The Kier molecular flexibility index (Phi) is 2.52. The minimum atomic E-state index is 0.787. The molecular formula is C14H13ClN2. The van der Waals surface area contributed by atoms with E-state index in [0.717, 1.165) is 18.1 Å². The second kappa shape index (κ2) is 4.04. The van der Waals surface area contributed by atoms with Crippen LogP contribution in [0.15, 0.2) is 36.5 Å². The van der Waals surface area contributed by atoms with Crippen molar-refractivity contribution in [3.8, 4) is 0 Å². The number of hydrogen-bond donors (Lipinski definition) is 0. The van der Waals surface area contributed by atoms with Gasteiger partial charge in [0.15, 0.2) is 0 Å². The third-order valence-electron chi connectivity index (χ3n) is 3.20. The molecule has 86 valence electrons. The molecule has 2 heterocycles. The first kappa shape index (κ1) is 10.6. The number of hydrogen-bond acceptors (Lipinski definition) is 2. The second-order valence-corrected chi connectivity index (χ2v) is 4.83. The summed E-state index contributed by atoms with van der Waals surface area (Å²) in [6.45, 7) is 3.91. The lowest BCUT2D eigenvalue weighted by molar-refractivity contribution is 0.866. The van der Waals surface area contributed by atoms with Crippen molar-refractivity contribution in [2.45, 2.75) is 20.0 Å². The molecule has 1 aliphatic rings. The Balaban J connectivity index is 1.96. The van der Waals surface area contributed by atoms with E-state index in [2.05, 4.69) is 28.9 Å². The van der Waals surface area contributed by atoms with Crippen LogP contribution in [-0.2, 0) is 13.1 Å². The number of aryl methyl sites for hydroxylation is 1. The fourth-order valence-corrected chi connectivity index (χ4v) is 2.46. The second-order valence-electron chi connectivity index (χ2n) is 4.40. The van der Waals surface area contributed by atoms with Crippen LogP contribution in [0.2, 0.25) is 5.02 Å². The van der Waals surface area contributed by atoms with E-state index in [4.69, 9.17) is 11.6 Å². The highest BCUT2D eigenvalue weighted by atomic mass is 35.5. The summed E-state index contributed by atoms with van der Waals surface area (Å²) < 4.78 is 0. The van der Waals surface area contributed by atoms with Crippen LogP contribution in [0.4, 0.5) is 5.69 Å². The Morgan fingerprint density at radius 2 is 2.12 bits per heavy atom. The van der Waals surface area contributed by atoms with E-state index in [1.54, 1.807) is 0 Å². The molecule has 0 fully saturated rings. The maximum Gasteiger partial charge on any atom is 0.0646 e. The van der Waals surface area contributed by atoms with Gasteiger partial charge in [-0.3, -0.25) is 4.98 Å². The fraction of sp³-hybridized carbons (Fsp3) is 0.214. The molecule has 0 atom stereocenters. The summed E-state index contributed by atoms with van der Waals surface area (Å²) in [5, 5.41) is 0.787. The van der Waals surface area contributed by atoms with Crippen LogP contribution < -0.4 is 4.90 Å². The molecule has 0 saturated heterocycles. The Labute approximate surface area is 106 Å².